The molecule has 0 spiro atoms. The summed E-state index contributed by atoms with van der Waals surface area (Å²) in [6.07, 6.45) is 2.46. The van der Waals surface area contributed by atoms with E-state index in [0.717, 1.165) is 36.1 Å². The van der Waals surface area contributed by atoms with Gasteiger partial charge in [-0.15, -0.1) is 0 Å². The first-order valence-electron chi connectivity index (χ1n) is 10.0. The molecule has 6 nitrogen and oxygen atoms in total. The van der Waals surface area contributed by atoms with E-state index in [2.05, 4.69) is 4.99 Å². The highest BCUT2D eigenvalue weighted by Gasteiger charge is 2.35. The van der Waals surface area contributed by atoms with Gasteiger partial charge in [0.2, 0.25) is 5.96 Å². The maximum absolute atomic E-state index is 13.7. The van der Waals surface area contributed by atoms with Gasteiger partial charge in [-0.3, -0.25) is 5.21 Å². The molecule has 8 heteroatoms. The highest BCUT2D eigenvalue weighted by Crippen LogP contribution is 2.42. The van der Waals surface area contributed by atoms with Crippen molar-refractivity contribution in [3.8, 4) is 16.9 Å². The molecule has 30 heavy (non-hydrogen) atoms. The summed E-state index contributed by atoms with van der Waals surface area (Å²) < 4.78 is 39.3. The van der Waals surface area contributed by atoms with Crippen molar-refractivity contribution in [1.82, 2.24) is 5.06 Å². The normalized spacial score (nSPS) is 24.1. The summed E-state index contributed by atoms with van der Waals surface area (Å²) in [5.41, 5.74) is 7.71. The summed E-state index contributed by atoms with van der Waals surface area (Å²) in [6, 6.07) is 8.42. The summed E-state index contributed by atoms with van der Waals surface area (Å²) in [5, 5.41) is 10.4. The lowest BCUT2D eigenvalue weighted by atomic mass is 9.86. The fraction of sp³-hybridized carbons (Fsp3) is 0.409. The molecule has 3 atom stereocenters. The monoisotopic (exact) mass is 417 g/mol. The second kappa shape index (κ2) is 8.57. The van der Waals surface area contributed by atoms with Gasteiger partial charge in [-0.05, 0) is 48.2 Å². The Hall–Kier alpha value is -2.71. The molecule has 0 saturated carbocycles. The van der Waals surface area contributed by atoms with Crippen LogP contribution in [0.3, 0.4) is 0 Å². The van der Waals surface area contributed by atoms with Gasteiger partial charge in [0.25, 0.3) is 0 Å². The van der Waals surface area contributed by atoms with Crippen molar-refractivity contribution in [3.63, 3.8) is 0 Å². The Balaban J connectivity index is 1.72. The zero-order chi connectivity index (χ0) is 21.3. The van der Waals surface area contributed by atoms with Crippen LogP contribution in [-0.2, 0) is 4.74 Å². The van der Waals surface area contributed by atoms with Gasteiger partial charge in [0.15, 0.2) is 0 Å². The third kappa shape index (κ3) is 4.39. The third-order valence-corrected chi connectivity index (χ3v) is 5.64. The van der Waals surface area contributed by atoms with Crippen molar-refractivity contribution < 1.29 is 23.5 Å². The van der Waals surface area contributed by atoms with Crippen molar-refractivity contribution in [2.45, 2.75) is 31.4 Å². The molecule has 2 aromatic carbocycles. The fourth-order valence-electron chi connectivity index (χ4n) is 4.09. The summed E-state index contributed by atoms with van der Waals surface area (Å²) in [6.45, 7) is 1.39. The van der Waals surface area contributed by atoms with E-state index < -0.39 is 11.6 Å². The number of hydrogen-bond donors (Lipinski definition) is 2. The lowest BCUT2D eigenvalue weighted by Gasteiger charge is -2.37. The van der Waals surface area contributed by atoms with E-state index in [1.165, 1.54) is 19.2 Å². The van der Waals surface area contributed by atoms with Gasteiger partial charge >= 0.3 is 0 Å². The lowest BCUT2D eigenvalue weighted by molar-refractivity contribution is -0.0101. The Kier molecular flexibility index (Phi) is 5.87. The molecule has 0 aromatic heterocycles. The Labute approximate surface area is 173 Å². The zero-order valence-corrected chi connectivity index (χ0v) is 16.7. The summed E-state index contributed by atoms with van der Waals surface area (Å²) in [5.74, 6) is -0.405. The van der Waals surface area contributed by atoms with Gasteiger partial charge in [-0.1, -0.05) is 6.07 Å². The minimum atomic E-state index is -0.642. The molecule has 2 unspecified atom stereocenters. The smallest absolute Gasteiger partial charge is 0.215 e. The maximum Gasteiger partial charge on any atom is 0.215 e. The van der Waals surface area contributed by atoms with E-state index in [-0.39, 0.29) is 24.0 Å². The first-order chi connectivity index (χ1) is 14.4. The Morgan fingerprint density at radius 2 is 1.93 bits per heavy atom. The average molecular weight is 417 g/mol. The number of nitrogens with zero attached hydrogens (tertiary/aromatic N) is 2. The molecule has 1 fully saturated rings. The van der Waals surface area contributed by atoms with Crippen LogP contribution < -0.4 is 10.5 Å². The predicted molar refractivity (Wildman–Crippen MR) is 108 cm³/mol. The standard InChI is InChI=1S/C22H25F2N3O3/c1-27(28)22(25)26-19-11-21(14-3-2-6-29-12-14)30-20-5-4-13(9-18(19)20)15-7-16(23)10-17(24)8-15/h4-5,7-10,14,19,21,28H,2-3,6,11-12H2,1H3,(H2,25,26)/t14?,19?,21-/m1/s1. The van der Waals surface area contributed by atoms with E-state index in [4.69, 9.17) is 15.2 Å². The molecule has 0 aliphatic carbocycles. The highest BCUT2D eigenvalue weighted by atomic mass is 19.1. The number of hydrogen-bond acceptors (Lipinski definition) is 4. The molecule has 2 heterocycles. The van der Waals surface area contributed by atoms with E-state index in [9.17, 15) is 14.0 Å². The van der Waals surface area contributed by atoms with Gasteiger partial charge in [0.1, 0.15) is 23.5 Å². The third-order valence-electron chi connectivity index (χ3n) is 5.64. The van der Waals surface area contributed by atoms with Gasteiger partial charge in [0, 0.05) is 37.6 Å². The van der Waals surface area contributed by atoms with Crippen LogP contribution in [0.5, 0.6) is 5.75 Å². The highest BCUT2D eigenvalue weighted by molar-refractivity contribution is 5.77. The number of rotatable bonds is 3. The Morgan fingerprint density at radius 1 is 1.17 bits per heavy atom. The molecule has 2 aliphatic rings. The number of ether oxygens (including phenoxy) is 2. The molecule has 0 radical (unpaired) electrons. The molecular formula is C22H25F2N3O3. The van der Waals surface area contributed by atoms with Crippen LogP contribution in [0.15, 0.2) is 41.4 Å². The molecule has 3 N–H and O–H groups in total. The van der Waals surface area contributed by atoms with Crippen molar-refractivity contribution >= 4 is 5.96 Å². The summed E-state index contributed by atoms with van der Waals surface area (Å²) >= 11 is 0. The Morgan fingerprint density at radius 3 is 2.60 bits per heavy atom. The van der Waals surface area contributed by atoms with Crippen LogP contribution in [0, 0.1) is 17.6 Å². The van der Waals surface area contributed by atoms with Gasteiger partial charge in [-0.25, -0.2) is 18.8 Å². The number of fused-ring (bicyclic) bond motifs is 1. The first-order valence-corrected chi connectivity index (χ1v) is 10.0. The van der Waals surface area contributed by atoms with Crippen molar-refractivity contribution in [3.05, 3.63) is 53.6 Å². The number of nitrogens with two attached hydrogens (primary N) is 1. The topological polar surface area (TPSA) is 80.3 Å². The second-order valence-corrected chi connectivity index (χ2v) is 7.81. The Bertz CT molecular complexity index is 925. The number of halogens is 2. The molecule has 4 rings (SSSR count). The van der Waals surface area contributed by atoms with Crippen LogP contribution in [0.25, 0.3) is 11.1 Å². The number of hydroxylamine groups is 2. The largest absolute Gasteiger partial charge is 0.490 e. The van der Waals surface area contributed by atoms with Gasteiger partial charge in [0.05, 0.1) is 12.6 Å². The van der Waals surface area contributed by atoms with E-state index in [1.807, 2.05) is 6.07 Å². The average Bonchev–Trinajstić information content (AvgIpc) is 2.73. The number of guanidine groups is 1. The SMILES string of the molecule is CN(O)C(N)=NC1C[C@H](C2CCCOC2)Oc2ccc(-c3cc(F)cc(F)c3)cc21. The van der Waals surface area contributed by atoms with E-state index in [1.54, 1.807) is 12.1 Å². The molecular weight excluding hydrogens is 392 g/mol. The minimum Gasteiger partial charge on any atom is -0.490 e. The second-order valence-electron chi connectivity index (χ2n) is 7.81. The van der Waals surface area contributed by atoms with Gasteiger partial charge in [-0.2, -0.15) is 0 Å². The lowest BCUT2D eigenvalue weighted by Crippen LogP contribution is -2.38. The van der Waals surface area contributed by atoms with Crippen molar-refractivity contribution in [2.75, 3.05) is 20.3 Å². The fourth-order valence-corrected chi connectivity index (χ4v) is 4.09. The van der Waals surface area contributed by atoms with Gasteiger partial charge < -0.3 is 15.2 Å². The van der Waals surface area contributed by atoms with Crippen LogP contribution in [0.4, 0.5) is 8.78 Å². The predicted octanol–water partition coefficient (Wildman–Crippen LogP) is 3.89. The molecule has 0 amide bonds. The van der Waals surface area contributed by atoms with E-state index in [0.29, 0.717) is 29.9 Å². The number of benzene rings is 2. The van der Waals surface area contributed by atoms with Crippen molar-refractivity contribution in [1.29, 1.82) is 0 Å². The zero-order valence-electron chi connectivity index (χ0n) is 16.7. The molecule has 2 aromatic rings. The molecule has 160 valence electrons. The maximum atomic E-state index is 13.7. The van der Waals surface area contributed by atoms with Crippen molar-refractivity contribution in [2.24, 2.45) is 16.6 Å². The van der Waals surface area contributed by atoms with E-state index >= 15 is 0 Å². The summed E-state index contributed by atoms with van der Waals surface area (Å²) in [7, 11) is 1.40. The molecule has 2 aliphatic heterocycles. The number of aliphatic imine (C=N–C) groups is 1. The van der Waals surface area contributed by atoms with Crippen LogP contribution in [0.2, 0.25) is 0 Å². The van der Waals surface area contributed by atoms with Crippen LogP contribution in [-0.4, -0.2) is 42.6 Å². The minimum absolute atomic E-state index is 0.0197. The van der Waals surface area contributed by atoms with Crippen LogP contribution in [0.1, 0.15) is 30.9 Å². The van der Waals surface area contributed by atoms with Crippen LogP contribution >= 0.6 is 0 Å². The molecule has 1 saturated heterocycles. The summed E-state index contributed by atoms with van der Waals surface area (Å²) in [4.78, 5) is 4.49. The quantitative estimate of drug-likeness (QED) is 0.450. The first kappa shape index (κ1) is 20.6. The molecule has 0 bridgehead atoms.